The number of carbonyl (C=O) groups is 1. The van der Waals surface area contributed by atoms with E-state index in [4.69, 9.17) is 5.73 Å². The molecule has 0 aromatic heterocycles. The van der Waals surface area contributed by atoms with E-state index in [1.165, 1.54) is 0 Å². The van der Waals surface area contributed by atoms with E-state index in [2.05, 4.69) is 13.8 Å². The lowest BCUT2D eigenvalue weighted by atomic mass is 9.80. The zero-order chi connectivity index (χ0) is 10.5. The molecule has 0 saturated carbocycles. The highest BCUT2D eigenvalue weighted by Crippen LogP contribution is 2.23. The van der Waals surface area contributed by atoms with Gasteiger partial charge in [-0.3, -0.25) is 4.79 Å². The van der Waals surface area contributed by atoms with Crippen LogP contribution in [0.4, 0.5) is 0 Å². The van der Waals surface area contributed by atoms with Crippen molar-refractivity contribution in [3.05, 3.63) is 0 Å². The minimum absolute atomic E-state index is 0.283. The number of hydrogen-bond acceptors (Lipinski definition) is 2. The van der Waals surface area contributed by atoms with Crippen LogP contribution < -0.4 is 5.73 Å². The molecule has 0 rings (SSSR count). The summed E-state index contributed by atoms with van der Waals surface area (Å²) < 4.78 is 0. The molecular weight excluding hydrogens is 162 g/mol. The van der Waals surface area contributed by atoms with Crippen LogP contribution in [0.3, 0.4) is 0 Å². The van der Waals surface area contributed by atoms with Gasteiger partial charge in [0.15, 0.2) is 0 Å². The molecule has 2 heteroatoms. The van der Waals surface area contributed by atoms with Crippen LogP contribution in [0.5, 0.6) is 0 Å². The number of hydrogen-bond donors (Lipinski definition) is 1. The van der Waals surface area contributed by atoms with Gasteiger partial charge in [-0.15, -0.1) is 0 Å². The van der Waals surface area contributed by atoms with Crippen molar-refractivity contribution in [2.45, 2.75) is 47.0 Å². The molecular formula is C11H23NO. The van der Waals surface area contributed by atoms with Crippen molar-refractivity contribution in [3.63, 3.8) is 0 Å². The van der Waals surface area contributed by atoms with Gasteiger partial charge in [-0.05, 0) is 18.8 Å². The smallest absolute Gasteiger partial charge is 0.140 e. The van der Waals surface area contributed by atoms with Crippen LogP contribution in [0.15, 0.2) is 0 Å². The highest BCUT2D eigenvalue weighted by molar-refractivity contribution is 5.84. The molecule has 2 N–H and O–H groups in total. The van der Waals surface area contributed by atoms with E-state index in [-0.39, 0.29) is 5.41 Å². The molecule has 13 heavy (non-hydrogen) atoms. The SMILES string of the molecule is CCC(C)(CN)C(=O)CCC(C)C. The van der Waals surface area contributed by atoms with E-state index in [1.54, 1.807) is 0 Å². The quantitative estimate of drug-likeness (QED) is 0.690. The Hall–Kier alpha value is -0.370. The highest BCUT2D eigenvalue weighted by atomic mass is 16.1. The van der Waals surface area contributed by atoms with Gasteiger partial charge < -0.3 is 5.73 Å². The third-order valence-electron chi connectivity index (χ3n) is 2.85. The first-order valence-corrected chi connectivity index (χ1v) is 5.19. The van der Waals surface area contributed by atoms with Crippen molar-refractivity contribution in [1.29, 1.82) is 0 Å². The second-order valence-corrected chi connectivity index (χ2v) is 4.47. The molecule has 0 aliphatic carbocycles. The summed E-state index contributed by atoms with van der Waals surface area (Å²) >= 11 is 0. The summed E-state index contributed by atoms with van der Waals surface area (Å²) in [5.41, 5.74) is 5.32. The number of nitrogens with two attached hydrogens (primary N) is 1. The Morgan fingerprint density at radius 1 is 1.46 bits per heavy atom. The Morgan fingerprint density at radius 2 is 2.00 bits per heavy atom. The van der Waals surface area contributed by atoms with Gasteiger partial charge in [0, 0.05) is 18.4 Å². The molecule has 0 amide bonds. The standard InChI is InChI=1S/C11H23NO/c1-5-11(4,8-12)10(13)7-6-9(2)3/h9H,5-8,12H2,1-4H3. The zero-order valence-electron chi connectivity index (χ0n) is 9.39. The lowest BCUT2D eigenvalue weighted by molar-refractivity contribution is -0.127. The highest BCUT2D eigenvalue weighted by Gasteiger charge is 2.28. The Kier molecular flexibility index (Phi) is 5.23. The maximum absolute atomic E-state index is 11.8. The van der Waals surface area contributed by atoms with Crippen LogP contribution in [0.2, 0.25) is 0 Å². The summed E-state index contributed by atoms with van der Waals surface area (Å²) in [6.07, 6.45) is 2.51. The predicted octanol–water partition coefficient (Wildman–Crippen LogP) is 2.37. The Balaban J connectivity index is 4.07. The topological polar surface area (TPSA) is 43.1 Å². The predicted molar refractivity (Wildman–Crippen MR) is 56.5 cm³/mol. The van der Waals surface area contributed by atoms with E-state index in [9.17, 15) is 4.79 Å². The number of rotatable bonds is 6. The number of ketones is 1. The van der Waals surface area contributed by atoms with Crippen molar-refractivity contribution in [2.24, 2.45) is 17.1 Å². The fourth-order valence-corrected chi connectivity index (χ4v) is 1.18. The molecule has 1 atom stereocenters. The summed E-state index contributed by atoms with van der Waals surface area (Å²) in [6.45, 7) is 8.74. The van der Waals surface area contributed by atoms with E-state index in [1.807, 2.05) is 13.8 Å². The molecule has 2 nitrogen and oxygen atoms in total. The molecule has 78 valence electrons. The summed E-state index contributed by atoms with van der Waals surface area (Å²) in [6, 6.07) is 0. The van der Waals surface area contributed by atoms with Crippen molar-refractivity contribution >= 4 is 5.78 Å². The molecule has 0 spiro atoms. The third-order valence-corrected chi connectivity index (χ3v) is 2.85. The van der Waals surface area contributed by atoms with Crippen LogP contribution in [-0.2, 0) is 4.79 Å². The van der Waals surface area contributed by atoms with E-state index in [0.29, 0.717) is 24.7 Å². The molecule has 1 unspecified atom stereocenters. The van der Waals surface area contributed by atoms with Crippen molar-refractivity contribution < 1.29 is 4.79 Å². The minimum Gasteiger partial charge on any atom is -0.329 e. The van der Waals surface area contributed by atoms with E-state index >= 15 is 0 Å². The fourth-order valence-electron chi connectivity index (χ4n) is 1.18. The third kappa shape index (κ3) is 3.90. The van der Waals surface area contributed by atoms with Crippen LogP contribution in [-0.4, -0.2) is 12.3 Å². The van der Waals surface area contributed by atoms with Crippen molar-refractivity contribution in [2.75, 3.05) is 6.54 Å². The number of carbonyl (C=O) groups excluding carboxylic acids is 1. The Morgan fingerprint density at radius 3 is 2.31 bits per heavy atom. The van der Waals surface area contributed by atoms with Gasteiger partial charge in [0.2, 0.25) is 0 Å². The van der Waals surface area contributed by atoms with Crippen molar-refractivity contribution in [1.82, 2.24) is 0 Å². The number of Topliss-reactive ketones (excluding diaryl/α,β-unsaturated/α-hetero) is 1. The first kappa shape index (κ1) is 12.6. The van der Waals surface area contributed by atoms with Gasteiger partial charge in [-0.2, -0.15) is 0 Å². The maximum Gasteiger partial charge on any atom is 0.140 e. The largest absolute Gasteiger partial charge is 0.329 e. The van der Waals surface area contributed by atoms with Crippen LogP contribution in [0, 0.1) is 11.3 Å². The van der Waals surface area contributed by atoms with Crippen LogP contribution in [0.25, 0.3) is 0 Å². The van der Waals surface area contributed by atoms with E-state index < -0.39 is 0 Å². The second-order valence-electron chi connectivity index (χ2n) is 4.47. The second kappa shape index (κ2) is 5.38. The Labute approximate surface area is 81.9 Å². The molecule has 0 aliphatic heterocycles. The molecule has 0 aliphatic rings. The molecule has 0 radical (unpaired) electrons. The molecule has 0 aromatic carbocycles. The van der Waals surface area contributed by atoms with Gasteiger partial charge >= 0.3 is 0 Å². The lowest BCUT2D eigenvalue weighted by Crippen LogP contribution is -2.35. The van der Waals surface area contributed by atoms with Gasteiger partial charge in [0.25, 0.3) is 0 Å². The maximum atomic E-state index is 11.8. The summed E-state index contributed by atoms with van der Waals surface area (Å²) in [5.74, 6) is 0.925. The summed E-state index contributed by atoms with van der Waals surface area (Å²) in [7, 11) is 0. The minimum atomic E-state index is -0.283. The Bertz CT molecular complexity index is 159. The average molecular weight is 185 g/mol. The zero-order valence-corrected chi connectivity index (χ0v) is 9.39. The molecule has 0 aromatic rings. The van der Waals surface area contributed by atoms with Crippen LogP contribution in [0.1, 0.15) is 47.0 Å². The molecule has 0 heterocycles. The van der Waals surface area contributed by atoms with Gasteiger partial charge in [0.05, 0.1) is 0 Å². The first-order chi connectivity index (χ1) is 5.96. The van der Waals surface area contributed by atoms with Gasteiger partial charge in [-0.1, -0.05) is 27.7 Å². The summed E-state index contributed by atoms with van der Waals surface area (Å²) in [5, 5.41) is 0. The normalized spacial score (nSPS) is 15.8. The summed E-state index contributed by atoms with van der Waals surface area (Å²) in [4.78, 5) is 11.8. The lowest BCUT2D eigenvalue weighted by Gasteiger charge is -2.24. The van der Waals surface area contributed by atoms with E-state index in [0.717, 1.165) is 12.8 Å². The first-order valence-electron chi connectivity index (χ1n) is 5.19. The van der Waals surface area contributed by atoms with Crippen molar-refractivity contribution in [3.8, 4) is 0 Å². The van der Waals surface area contributed by atoms with Crippen LogP contribution >= 0.6 is 0 Å². The monoisotopic (exact) mass is 185 g/mol. The van der Waals surface area contributed by atoms with Gasteiger partial charge in [0.1, 0.15) is 5.78 Å². The molecule has 0 bridgehead atoms. The average Bonchev–Trinajstić information content (AvgIpc) is 2.12. The molecule has 0 saturated heterocycles. The molecule has 0 fully saturated rings. The van der Waals surface area contributed by atoms with Gasteiger partial charge in [-0.25, -0.2) is 0 Å². The fraction of sp³-hybridized carbons (Fsp3) is 0.909.